The van der Waals surface area contributed by atoms with Crippen molar-refractivity contribution in [3.05, 3.63) is 97.5 Å². The van der Waals surface area contributed by atoms with E-state index < -0.39 is 0 Å². The molecule has 5 aliphatic rings. The van der Waals surface area contributed by atoms with Crippen LogP contribution < -0.4 is 16.0 Å². The lowest BCUT2D eigenvalue weighted by Gasteiger charge is -2.41. The lowest BCUT2D eigenvalue weighted by Crippen LogP contribution is -2.45. The van der Waals surface area contributed by atoms with Gasteiger partial charge in [0.1, 0.15) is 17.9 Å². The van der Waals surface area contributed by atoms with Gasteiger partial charge in [-0.2, -0.15) is 4.98 Å². The first-order chi connectivity index (χ1) is 28.3. The highest BCUT2D eigenvalue weighted by molar-refractivity contribution is 6.35. The molecule has 3 fully saturated rings. The molecule has 1 saturated heterocycles. The number of aldehydes is 2. The topological polar surface area (TPSA) is 111 Å². The van der Waals surface area contributed by atoms with Gasteiger partial charge in [0.2, 0.25) is 0 Å². The summed E-state index contributed by atoms with van der Waals surface area (Å²) in [7, 11) is 3.59. The number of hydrogen-bond donors (Lipinski definition) is 1. The van der Waals surface area contributed by atoms with Crippen molar-refractivity contribution in [1.29, 1.82) is 0 Å². The van der Waals surface area contributed by atoms with Crippen LogP contribution in [0.25, 0.3) is 16.6 Å². The van der Waals surface area contributed by atoms with Gasteiger partial charge in [-0.1, -0.05) is 67.6 Å². The second kappa shape index (κ2) is 17.4. The Morgan fingerprint density at radius 1 is 0.966 bits per heavy atom. The Labute approximate surface area is 348 Å². The van der Waals surface area contributed by atoms with Crippen molar-refractivity contribution in [2.24, 2.45) is 11.7 Å². The smallest absolute Gasteiger partial charge is 0.282 e. The average Bonchev–Trinajstić information content (AvgIpc) is 3.74. The SMILES string of the molecule is CN.CN(CCCCC=O)Cc1c(C=O)ccc2c1OCC21CCN(CC2CCCC(c3ccc4c(c3)C3(CCCCC3)c3nc(=O)c5c(Cl)cccc5n3-4)C2)CC1. The van der Waals surface area contributed by atoms with E-state index >= 15 is 0 Å². The normalized spacial score (nSPS) is 21.6. The molecule has 3 aliphatic heterocycles. The zero-order chi connectivity index (χ0) is 40.4. The van der Waals surface area contributed by atoms with Gasteiger partial charge in [-0.05, 0) is 133 Å². The zero-order valence-electron chi connectivity index (χ0n) is 34.4. The fourth-order valence-electron chi connectivity index (χ4n) is 11.4. The van der Waals surface area contributed by atoms with Crippen LogP contribution in [0, 0.1) is 5.92 Å². The number of nitrogens with two attached hydrogens (primary N) is 1. The summed E-state index contributed by atoms with van der Waals surface area (Å²) >= 11 is 6.60. The molecule has 0 amide bonds. The molecule has 4 heterocycles. The first-order valence-corrected chi connectivity index (χ1v) is 22.2. The van der Waals surface area contributed by atoms with E-state index in [9.17, 15) is 14.4 Å². The van der Waals surface area contributed by atoms with E-state index in [0.717, 1.165) is 118 Å². The van der Waals surface area contributed by atoms with E-state index in [2.05, 4.69) is 51.4 Å². The number of nitrogens with zero attached hydrogens (tertiary/aromatic N) is 4. The highest BCUT2D eigenvalue weighted by atomic mass is 35.5. The molecule has 9 rings (SSSR count). The minimum absolute atomic E-state index is 0.00702. The average molecular weight is 806 g/mol. The number of halogens is 1. The molecular formula is C48H60ClN5O4. The summed E-state index contributed by atoms with van der Waals surface area (Å²) in [6, 6.07) is 17.1. The third kappa shape index (κ3) is 7.35. The maximum Gasteiger partial charge on any atom is 0.282 e. The molecule has 0 radical (unpaired) electrons. The lowest BCUT2D eigenvalue weighted by molar-refractivity contribution is -0.107. The van der Waals surface area contributed by atoms with E-state index in [4.69, 9.17) is 21.3 Å². The summed E-state index contributed by atoms with van der Waals surface area (Å²) in [6.45, 7) is 5.51. The molecule has 3 aromatic carbocycles. The number of rotatable bonds is 11. The molecule has 2 atom stereocenters. The third-order valence-electron chi connectivity index (χ3n) is 14.4. The number of hydrogen-bond acceptors (Lipinski definition) is 8. The summed E-state index contributed by atoms with van der Waals surface area (Å²) in [6.07, 6.45) is 17.1. The van der Waals surface area contributed by atoms with Crippen LogP contribution in [-0.2, 0) is 22.2 Å². The summed E-state index contributed by atoms with van der Waals surface area (Å²) in [5.41, 5.74) is 11.9. The Bertz CT molecular complexity index is 2200. The van der Waals surface area contributed by atoms with Gasteiger partial charge in [0.25, 0.3) is 5.56 Å². The van der Waals surface area contributed by atoms with Crippen molar-refractivity contribution in [3.63, 3.8) is 0 Å². The summed E-state index contributed by atoms with van der Waals surface area (Å²) in [5, 5.41) is 0.987. The second-order valence-electron chi connectivity index (χ2n) is 17.8. The van der Waals surface area contributed by atoms with Gasteiger partial charge in [0.15, 0.2) is 6.29 Å². The Balaban J connectivity index is 0.00000231. The monoisotopic (exact) mass is 805 g/mol. The van der Waals surface area contributed by atoms with Gasteiger partial charge in [0, 0.05) is 41.6 Å². The lowest BCUT2D eigenvalue weighted by atomic mass is 9.68. The second-order valence-corrected chi connectivity index (χ2v) is 18.2. The highest BCUT2D eigenvalue weighted by Crippen LogP contribution is 2.53. The van der Waals surface area contributed by atoms with E-state index in [0.29, 0.717) is 41.8 Å². The Kier molecular flexibility index (Phi) is 12.2. The molecule has 1 aromatic heterocycles. The first kappa shape index (κ1) is 40.9. The third-order valence-corrected chi connectivity index (χ3v) is 14.7. The molecule has 2 spiro atoms. The number of benzene rings is 3. The van der Waals surface area contributed by atoms with Crippen LogP contribution in [0.4, 0.5) is 0 Å². The van der Waals surface area contributed by atoms with Gasteiger partial charge in [-0.15, -0.1) is 0 Å². The summed E-state index contributed by atoms with van der Waals surface area (Å²) < 4.78 is 8.76. The molecule has 308 valence electrons. The number of unbranched alkanes of at least 4 members (excludes halogenated alkanes) is 2. The van der Waals surface area contributed by atoms with Crippen molar-refractivity contribution in [2.75, 3.05) is 46.9 Å². The van der Waals surface area contributed by atoms with Crippen LogP contribution in [0.15, 0.2) is 53.3 Å². The quantitative estimate of drug-likeness (QED) is 0.119. The van der Waals surface area contributed by atoms with Crippen LogP contribution in [0.1, 0.15) is 134 Å². The van der Waals surface area contributed by atoms with E-state index in [1.165, 1.54) is 61.5 Å². The van der Waals surface area contributed by atoms with Gasteiger partial charge >= 0.3 is 0 Å². The molecule has 2 unspecified atom stereocenters. The van der Waals surface area contributed by atoms with Gasteiger partial charge in [-0.3, -0.25) is 14.2 Å². The fraction of sp³-hybridized carbons (Fsp3) is 0.542. The van der Waals surface area contributed by atoms with E-state index in [1.807, 2.05) is 18.2 Å². The van der Waals surface area contributed by atoms with Crippen molar-refractivity contribution in [1.82, 2.24) is 19.4 Å². The number of likely N-dealkylation sites (tertiary alicyclic amines) is 1. The number of carbonyl (C=O) groups is 2. The maximum absolute atomic E-state index is 13.5. The predicted molar refractivity (Wildman–Crippen MR) is 232 cm³/mol. The number of piperidine rings is 1. The van der Waals surface area contributed by atoms with Crippen molar-refractivity contribution in [2.45, 2.75) is 113 Å². The predicted octanol–water partition coefficient (Wildman–Crippen LogP) is 8.49. The highest BCUT2D eigenvalue weighted by Gasteiger charge is 2.47. The summed E-state index contributed by atoms with van der Waals surface area (Å²) in [4.78, 5) is 46.1. The van der Waals surface area contributed by atoms with Gasteiger partial charge in [0.05, 0.1) is 33.6 Å². The van der Waals surface area contributed by atoms with E-state index in [-0.39, 0.29) is 16.4 Å². The minimum atomic E-state index is -0.219. The van der Waals surface area contributed by atoms with Gasteiger partial charge in [-0.25, -0.2) is 0 Å². The largest absolute Gasteiger partial charge is 0.492 e. The number of ether oxygens (including phenoxy) is 1. The molecule has 2 saturated carbocycles. The first-order valence-electron chi connectivity index (χ1n) is 21.9. The number of carbonyl (C=O) groups excluding carboxylic acids is 2. The van der Waals surface area contributed by atoms with E-state index in [1.54, 1.807) is 6.07 Å². The zero-order valence-corrected chi connectivity index (χ0v) is 35.2. The molecule has 2 N–H and O–H groups in total. The maximum atomic E-state index is 13.5. The van der Waals surface area contributed by atoms with Crippen molar-refractivity contribution >= 4 is 35.1 Å². The van der Waals surface area contributed by atoms with Crippen LogP contribution in [0.2, 0.25) is 5.02 Å². The summed E-state index contributed by atoms with van der Waals surface area (Å²) in [5.74, 6) is 3.05. The van der Waals surface area contributed by atoms with Crippen LogP contribution in [0.5, 0.6) is 5.75 Å². The molecule has 0 bridgehead atoms. The van der Waals surface area contributed by atoms with Crippen LogP contribution in [0.3, 0.4) is 0 Å². The Hall–Kier alpha value is -3.89. The van der Waals surface area contributed by atoms with Crippen LogP contribution in [-0.4, -0.2) is 78.8 Å². The fourth-order valence-corrected chi connectivity index (χ4v) is 11.6. The Morgan fingerprint density at radius 3 is 2.55 bits per heavy atom. The number of fused-ring (bicyclic) bond motifs is 9. The van der Waals surface area contributed by atoms with Crippen molar-refractivity contribution < 1.29 is 14.3 Å². The number of aromatic nitrogens is 2. The molecular weight excluding hydrogens is 746 g/mol. The van der Waals surface area contributed by atoms with Crippen LogP contribution >= 0.6 is 11.6 Å². The molecule has 10 heteroatoms. The van der Waals surface area contributed by atoms with Crippen molar-refractivity contribution in [3.8, 4) is 11.4 Å². The Morgan fingerprint density at radius 2 is 1.78 bits per heavy atom. The molecule has 58 heavy (non-hydrogen) atoms. The minimum Gasteiger partial charge on any atom is -0.492 e. The standard InChI is InChI=1S/C47H55ClN4O4.CH5N/c1-50(22-6-3-7-25-53)29-36-35(30-54)14-16-37-43(36)56-31-46(37)20-23-51(24-21-46)28-32-10-8-11-33(26-32)34-15-17-40-38(27-34)47(18-4-2-5-19-47)45-49-44(55)42-39(48)12-9-13-41(42)52(40)45;1-2/h9,12-17,25,27,30,32-33H,2-8,10-11,18-24,26,28-29,31H2,1H3;2H2,1H3. The molecule has 4 aromatic rings. The molecule has 2 aliphatic carbocycles. The van der Waals surface area contributed by atoms with Gasteiger partial charge < -0.3 is 25.1 Å². The molecule has 9 nitrogen and oxygen atoms in total.